The summed E-state index contributed by atoms with van der Waals surface area (Å²) >= 11 is 0. The highest BCUT2D eigenvalue weighted by Crippen LogP contribution is 2.19. The van der Waals surface area contributed by atoms with Crippen molar-refractivity contribution < 1.29 is 0 Å². The Morgan fingerprint density at radius 3 is 2.19 bits per heavy atom. The van der Waals surface area contributed by atoms with E-state index in [0.717, 1.165) is 0 Å². The third-order valence-electron chi connectivity index (χ3n) is 2.88. The Balaban J connectivity index is 2.45. The molecule has 16 heavy (non-hydrogen) atoms. The molecule has 0 saturated heterocycles. The molecule has 0 heterocycles. The van der Waals surface area contributed by atoms with Crippen LogP contribution in [0.5, 0.6) is 0 Å². The lowest BCUT2D eigenvalue weighted by Gasteiger charge is -2.33. The molecule has 1 saturated carbocycles. The summed E-state index contributed by atoms with van der Waals surface area (Å²) in [6, 6.07) is 0.453. The van der Waals surface area contributed by atoms with Crippen molar-refractivity contribution in [3.8, 4) is 0 Å². The predicted molar refractivity (Wildman–Crippen MR) is 63.7 cm³/mol. The number of hydrogen-bond donors (Lipinski definition) is 5. The molecule has 0 radical (unpaired) electrons. The monoisotopic (exact) mass is 231 g/mol. The molecule has 0 aromatic heterocycles. The fourth-order valence-corrected chi connectivity index (χ4v) is 2.00. The molecule has 0 spiro atoms. The molecule has 0 bridgehead atoms. The molecule has 0 aliphatic heterocycles. The van der Waals surface area contributed by atoms with Crippen molar-refractivity contribution in [2.24, 2.45) is 5.84 Å². The summed E-state index contributed by atoms with van der Waals surface area (Å²) in [5.41, 5.74) is 11.8. The standard InChI is InChI=1S/C9H25N7/c1-11-13-15(14-16(10)12-2)9-7-5-3-4-6-8-9/h9,11-14H,3-8,10H2,1-2H3. The van der Waals surface area contributed by atoms with Crippen LogP contribution >= 0.6 is 0 Å². The van der Waals surface area contributed by atoms with Gasteiger partial charge in [-0.15, -0.1) is 10.7 Å². The van der Waals surface area contributed by atoms with Gasteiger partial charge in [-0.25, -0.2) is 16.7 Å². The van der Waals surface area contributed by atoms with Crippen LogP contribution in [0.25, 0.3) is 0 Å². The van der Waals surface area contributed by atoms with Crippen molar-refractivity contribution in [3.63, 3.8) is 0 Å². The largest absolute Gasteiger partial charge is 0.246 e. The highest BCUT2D eigenvalue weighted by Gasteiger charge is 2.20. The average Bonchev–Trinajstić information content (AvgIpc) is 2.56. The Morgan fingerprint density at radius 1 is 1.06 bits per heavy atom. The number of nitrogens with two attached hydrogens (primary N) is 1. The SMILES string of the molecule is CNNN(NN(N)NC)C1CCCCCC1. The molecule has 0 unspecified atom stereocenters. The minimum atomic E-state index is 0.453. The van der Waals surface area contributed by atoms with Gasteiger partial charge < -0.3 is 0 Å². The van der Waals surface area contributed by atoms with Gasteiger partial charge in [0.25, 0.3) is 0 Å². The first-order valence-corrected chi connectivity index (χ1v) is 5.98. The lowest BCUT2D eigenvalue weighted by molar-refractivity contribution is -0.0825. The summed E-state index contributed by atoms with van der Waals surface area (Å²) in [5, 5.41) is 3.25. The minimum Gasteiger partial charge on any atom is -0.246 e. The molecule has 7 nitrogen and oxygen atoms in total. The van der Waals surface area contributed by atoms with E-state index in [1.807, 2.05) is 12.2 Å². The zero-order chi connectivity index (χ0) is 11.8. The van der Waals surface area contributed by atoms with Gasteiger partial charge >= 0.3 is 0 Å². The second kappa shape index (κ2) is 7.91. The van der Waals surface area contributed by atoms with Crippen molar-refractivity contribution in [3.05, 3.63) is 0 Å². The fraction of sp³-hybridized carbons (Fsp3) is 1.00. The van der Waals surface area contributed by atoms with E-state index < -0.39 is 0 Å². The highest BCUT2D eigenvalue weighted by molar-refractivity contribution is 4.69. The lowest BCUT2D eigenvalue weighted by Crippen LogP contribution is -2.66. The molecule has 1 aliphatic rings. The van der Waals surface area contributed by atoms with Crippen molar-refractivity contribution >= 4 is 0 Å². The first kappa shape index (κ1) is 13.8. The summed E-state index contributed by atoms with van der Waals surface area (Å²) < 4.78 is 0. The van der Waals surface area contributed by atoms with Crippen LogP contribution in [-0.2, 0) is 0 Å². The van der Waals surface area contributed by atoms with Gasteiger partial charge in [0.1, 0.15) is 0 Å². The molecular weight excluding hydrogens is 206 g/mol. The molecule has 1 aliphatic carbocycles. The molecule has 1 fully saturated rings. The van der Waals surface area contributed by atoms with Crippen molar-refractivity contribution in [2.45, 2.75) is 44.6 Å². The van der Waals surface area contributed by atoms with Crippen molar-refractivity contribution in [2.75, 3.05) is 14.1 Å². The quantitative estimate of drug-likeness (QED) is 0.237. The van der Waals surface area contributed by atoms with Crippen LogP contribution in [0.3, 0.4) is 0 Å². The Hall–Kier alpha value is -0.280. The van der Waals surface area contributed by atoms with Gasteiger partial charge in [-0.3, -0.25) is 0 Å². The van der Waals surface area contributed by atoms with E-state index in [1.54, 1.807) is 7.05 Å². The molecule has 96 valence electrons. The van der Waals surface area contributed by atoms with E-state index in [-0.39, 0.29) is 0 Å². The van der Waals surface area contributed by atoms with E-state index in [2.05, 4.69) is 21.9 Å². The van der Waals surface area contributed by atoms with E-state index in [4.69, 9.17) is 5.84 Å². The maximum Gasteiger partial charge on any atom is 0.0428 e. The second-order valence-corrected chi connectivity index (χ2v) is 4.07. The van der Waals surface area contributed by atoms with Gasteiger partial charge in [-0.1, -0.05) is 30.9 Å². The first-order valence-electron chi connectivity index (χ1n) is 5.98. The van der Waals surface area contributed by atoms with Crippen molar-refractivity contribution in [1.82, 2.24) is 32.3 Å². The molecule has 0 atom stereocenters. The van der Waals surface area contributed by atoms with E-state index >= 15 is 0 Å². The van der Waals surface area contributed by atoms with E-state index in [0.29, 0.717) is 6.04 Å². The topological polar surface area (TPSA) is 80.6 Å². The minimum absolute atomic E-state index is 0.453. The molecule has 0 aromatic rings. The zero-order valence-corrected chi connectivity index (χ0v) is 10.3. The highest BCUT2D eigenvalue weighted by atomic mass is 16.0. The van der Waals surface area contributed by atoms with Crippen LogP contribution in [0, 0.1) is 0 Å². The first-order chi connectivity index (χ1) is 7.77. The molecule has 1 rings (SSSR count). The van der Waals surface area contributed by atoms with Gasteiger partial charge in [0, 0.05) is 13.1 Å². The number of rotatable bonds is 6. The van der Waals surface area contributed by atoms with Crippen LogP contribution in [0.15, 0.2) is 0 Å². The van der Waals surface area contributed by atoms with Crippen LogP contribution in [-0.4, -0.2) is 30.5 Å². The van der Waals surface area contributed by atoms with Crippen LogP contribution in [0.4, 0.5) is 0 Å². The lowest BCUT2D eigenvalue weighted by atomic mass is 10.1. The third-order valence-corrected chi connectivity index (χ3v) is 2.88. The van der Waals surface area contributed by atoms with Gasteiger partial charge in [-0.2, -0.15) is 5.53 Å². The average molecular weight is 231 g/mol. The van der Waals surface area contributed by atoms with Crippen LogP contribution < -0.4 is 27.8 Å². The maximum atomic E-state index is 5.65. The second-order valence-electron chi connectivity index (χ2n) is 4.07. The van der Waals surface area contributed by atoms with E-state index in [9.17, 15) is 0 Å². The summed E-state index contributed by atoms with van der Waals surface area (Å²) in [7, 11) is 3.60. The van der Waals surface area contributed by atoms with Gasteiger partial charge in [0.05, 0.1) is 0 Å². The summed E-state index contributed by atoms with van der Waals surface area (Å²) in [4.78, 5) is 0. The Labute approximate surface area is 97.5 Å². The summed E-state index contributed by atoms with van der Waals surface area (Å²) in [5.74, 6) is 5.65. The molecule has 0 aromatic carbocycles. The number of nitrogens with one attached hydrogen (secondary N) is 4. The number of hydrazine groups is 6. The summed E-state index contributed by atoms with van der Waals surface area (Å²) in [6.07, 6.45) is 7.58. The Bertz CT molecular complexity index is 169. The Morgan fingerprint density at radius 2 is 1.69 bits per heavy atom. The summed E-state index contributed by atoms with van der Waals surface area (Å²) in [6.45, 7) is 0. The smallest absolute Gasteiger partial charge is 0.0428 e. The van der Waals surface area contributed by atoms with Crippen LogP contribution in [0.1, 0.15) is 38.5 Å². The Kier molecular flexibility index (Phi) is 6.81. The fourth-order valence-electron chi connectivity index (χ4n) is 2.00. The normalized spacial score (nSPS) is 19.3. The van der Waals surface area contributed by atoms with E-state index in [1.165, 1.54) is 43.8 Å². The molecular formula is C9H25N7. The van der Waals surface area contributed by atoms with Gasteiger partial charge in [0.2, 0.25) is 0 Å². The predicted octanol–water partition coefficient (Wildman–Crippen LogP) is -0.620. The number of nitrogens with zero attached hydrogens (tertiary/aromatic N) is 2. The van der Waals surface area contributed by atoms with Crippen molar-refractivity contribution in [1.29, 1.82) is 0 Å². The van der Waals surface area contributed by atoms with Crippen LogP contribution in [0.2, 0.25) is 0 Å². The molecule has 0 amide bonds. The third kappa shape index (κ3) is 4.71. The van der Waals surface area contributed by atoms with Gasteiger partial charge in [-0.05, 0) is 19.9 Å². The molecule has 6 N–H and O–H groups in total. The zero-order valence-electron chi connectivity index (χ0n) is 10.3. The number of hydrogen-bond acceptors (Lipinski definition) is 7. The maximum absolute atomic E-state index is 5.65. The van der Waals surface area contributed by atoms with Gasteiger partial charge in [0.15, 0.2) is 0 Å². The molecule has 7 heteroatoms.